The van der Waals surface area contributed by atoms with Crippen molar-refractivity contribution in [2.75, 3.05) is 25.5 Å². The van der Waals surface area contributed by atoms with Crippen molar-refractivity contribution in [3.05, 3.63) is 76.0 Å². The van der Waals surface area contributed by atoms with E-state index < -0.39 is 11.9 Å². The molecule has 0 saturated heterocycles. The fraction of sp³-hybridized carbons (Fsp3) is 0.414. The van der Waals surface area contributed by atoms with Gasteiger partial charge in [0.05, 0.1) is 13.2 Å². The summed E-state index contributed by atoms with van der Waals surface area (Å²) in [7, 11) is 1.41. The molecule has 0 fully saturated rings. The molecule has 0 bridgehead atoms. The maximum atomic E-state index is 14.5. The van der Waals surface area contributed by atoms with Gasteiger partial charge in [0.2, 0.25) is 0 Å². The molecule has 5 rings (SSSR count). The van der Waals surface area contributed by atoms with Crippen LogP contribution >= 0.6 is 0 Å². The van der Waals surface area contributed by atoms with Crippen molar-refractivity contribution in [3.63, 3.8) is 0 Å². The molecule has 8 heteroatoms. The predicted octanol–water partition coefficient (Wildman–Crippen LogP) is 4.66. The SMILES string of the molecule is COc1ccc([C@H](CC(C)=O)N2CCn3c(cc(CCc4ccc5c(n4)NCCC5)c3C)C2=O)cc1F. The van der Waals surface area contributed by atoms with Gasteiger partial charge in [-0.3, -0.25) is 9.59 Å². The van der Waals surface area contributed by atoms with Gasteiger partial charge in [-0.2, -0.15) is 0 Å². The Hall–Kier alpha value is -3.68. The summed E-state index contributed by atoms with van der Waals surface area (Å²) in [6.45, 7) is 5.58. The first-order valence-corrected chi connectivity index (χ1v) is 12.9. The number of ketones is 1. The molecule has 1 amide bonds. The molecular weight excluding hydrogens is 471 g/mol. The van der Waals surface area contributed by atoms with E-state index in [2.05, 4.69) is 28.9 Å². The third kappa shape index (κ3) is 4.97. The number of carbonyl (C=O) groups excluding carboxylic acids is 2. The Labute approximate surface area is 216 Å². The Bertz CT molecular complexity index is 1350. The first-order valence-electron chi connectivity index (χ1n) is 12.9. The number of pyridine rings is 1. The summed E-state index contributed by atoms with van der Waals surface area (Å²) in [5.74, 6) is 0.422. The third-order valence-corrected chi connectivity index (χ3v) is 7.54. The van der Waals surface area contributed by atoms with E-state index in [1.54, 1.807) is 17.0 Å². The Morgan fingerprint density at radius 1 is 1.19 bits per heavy atom. The van der Waals surface area contributed by atoms with Crippen molar-refractivity contribution < 1.29 is 18.7 Å². The first kappa shape index (κ1) is 25.0. The van der Waals surface area contributed by atoms with Gasteiger partial charge in [0.1, 0.15) is 17.3 Å². The van der Waals surface area contributed by atoms with Crippen LogP contribution in [0.25, 0.3) is 0 Å². The second kappa shape index (κ2) is 10.4. The Morgan fingerprint density at radius 2 is 2.03 bits per heavy atom. The zero-order valence-electron chi connectivity index (χ0n) is 21.6. The second-order valence-electron chi connectivity index (χ2n) is 9.95. The largest absolute Gasteiger partial charge is 0.494 e. The Balaban J connectivity index is 1.37. The van der Waals surface area contributed by atoms with Crippen molar-refractivity contribution in [1.29, 1.82) is 0 Å². The number of fused-ring (bicyclic) bond motifs is 2. The smallest absolute Gasteiger partial charge is 0.271 e. The highest BCUT2D eigenvalue weighted by Crippen LogP contribution is 2.33. The van der Waals surface area contributed by atoms with Crippen LogP contribution in [0.4, 0.5) is 10.2 Å². The average molecular weight is 505 g/mol. The van der Waals surface area contributed by atoms with Gasteiger partial charge >= 0.3 is 0 Å². The molecule has 1 atom stereocenters. The lowest BCUT2D eigenvalue weighted by Crippen LogP contribution is -2.43. The number of Topliss-reactive ketones (excluding diaryl/α,β-unsaturated/α-hetero) is 1. The minimum Gasteiger partial charge on any atom is -0.494 e. The summed E-state index contributed by atoms with van der Waals surface area (Å²) in [6.07, 6.45) is 3.89. The van der Waals surface area contributed by atoms with Crippen LogP contribution in [0, 0.1) is 12.7 Å². The number of aromatic nitrogens is 2. The van der Waals surface area contributed by atoms with E-state index in [0.717, 1.165) is 55.0 Å². The number of methoxy groups -OCH3 is 1. The summed E-state index contributed by atoms with van der Waals surface area (Å²) in [4.78, 5) is 32.3. The van der Waals surface area contributed by atoms with Gasteiger partial charge in [-0.05, 0) is 80.5 Å². The molecule has 2 aliphatic heterocycles. The third-order valence-electron chi connectivity index (χ3n) is 7.54. The highest BCUT2D eigenvalue weighted by Gasteiger charge is 2.33. The average Bonchev–Trinajstić information content (AvgIpc) is 3.22. The molecule has 0 radical (unpaired) electrons. The van der Waals surface area contributed by atoms with Crippen molar-refractivity contribution in [2.45, 2.75) is 58.5 Å². The van der Waals surface area contributed by atoms with Gasteiger partial charge in [0, 0.05) is 37.4 Å². The van der Waals surface area contributed by atoms with Crippen LogP contribution < -0.4 is 10.1 Å². The number of carbonyl (C=O) groups is 2. The first-order chi connectivity index (χ1) is 17.9. The van der Waals surface area contributed by atoms with Crippen LogP contribution in [-0.4, -0.2) is 46.3 Å². The quantitative estimate of drug-likeness (QED) is 0.483. The molecular formula is C29H33FN4O3. The number of halogens is 1. The lowest BCUT2D eigenvalue weighted by atomic mass is 9.98. The number of hydrogen-bond donors (Lipinski definition) is 1. The molecule has 7 nitrogen and oxygen atoms in total. The molecule has 0 spiro atoms. The molecule has 1 N–H and O–H groups in total. The maximum Gasteiger partial charge on any atom is 0.271 e. The normalized spacial score (nSPS) is 15.6. The minimum absolute atomic E-state index is 0.0566. The topological polar surface area (TPSA) is 76.5 Å². The molecule has 4 heterocycles. The zero-order chi connectivity index (χ0) is 26.1. The van der Waals surface area contributed by atoms with Crippen molar-refractivity contribution >= 4 is 17.5 Å². The van der Waals surface area contributed by atoms with Crippen molar-refractivity contribution in [2.24, 2.45) is 0 Å². The van der Waals surface area contributed by atoms with Crippen molar-refractivity contribution in [1.82, 2.24) is 14.5 Å². The van der Waals surface area contributed by atoms with Crippen LogP contribution in [0.2, 0.25) is 0 Å². The molecule has 2 aromatic heterocycles. The molecule has 3 aromatic rings. The molecule has 1 aromatic carbocycles. The molecule has 37 heavy (non-hydrogen) atoms. The monoisotopic (exact) mass is 504 g/mol. The van der Waals surface area contributed by atoms with Gasteiger partial charge in [0.15, 0.2) is 11.6 Å². The zero-order valence-corrected chi connectivity index (χ0v) is 21.6. The van der Waals surface area contributed by atoms with E-state index in [9.17, 15) is 14.0 Å². The predicted molar refractivity (Wildman–Crippen MR) is 140 cm³/mol. The van der Waals surface area contributed by atoms with Crippen molar-refractivity contribution in [3.8, 4) is 5.75 Å². The van der Waals surface area contributed by atoms with E-state index in [4.69, 9.17) is 9.72 Å². The molecule has 0 saturated carbocycles. The van der Waals surface area contributed by atoms with Gasteiger partial charge in [-0.15, -0.1) is 0 Å². The summed E-state index contributed by atoms with van der Waals surface area (Å²) in [5, 5.41) is 3.39. The number of nitrogens with one attached hydrogen (secondary N) is 1. The van der Waals surface area contributed by atoms with Crippen LogP contribution in [0.5, 0.6) is 5.75 Å². The number of hydrogen-bond acceptors (Lipinski definition) is 5. The Morgan fingerprint density at radius 3 is 2.78 bits per heavy atom. The van der Waals surface area contributed by atoms with Crippen LogP contribution in [0.15, 0.2) is 36.4 Å². The summed E-state index contributed by atoms with van der Waals surface area (Å²) < 4.78 is 21.6. The summed E-state index contributed by atoms with van der Waals surface area (Å²) in [5.41, 5.74) is 5.71. The standard InChI is InChI=1S/C29H33FN4O3/c1-18(35)15-25(22-8-11-27(37-3)24(30)16-22)34-14-13-33-19(2)21(17-26(33)29(34)36)7-10-23-9-6-20-5-4-12-31-28(20)32-23/h6,8-9,11,16-17,25H,4-5,7,10,12-15H2,1-3H3,(H,31,32)/t25-/m0/s1. The maximum absolute atomic E-state index is 14.5. The number of ether oxygens (including phenoxy) is 1. The molecule has 194 valence electrons. The van der Waals surface area contributed by atoms with E-state index >= 15 is 0 Å². The number of amides is 1. The van der Waals surface area contributed by atoms with E-state index in [0.29, 0.717) is 24.3 Å². The number of anilines is 1. The van der Waals surface area contributed by atoms with Crippen LogP contribution in [0.1, 0.15) is 64.4 Å². The number of nitrogens with zero attached hydrogens (tertiary/aromatic N) is 3. The van der Waals surface area contributed by atoms with Crippen LogP contribution in [0.3, 0.4) is 0 Å². The minimum atomic E-state index is -0.537. The molecule has 2 aliphatic rings. The van der Waals surface area contributed by atoms with Gasteiger partial charge in [-0.1, -0.05) is 12.1 Å². The summed E-state index contributed by atoms with van der Waals surface area (Å²) in [6, 6.07) is 10.3. The van der Waals surface area contributed by atoms with Gasteiger partial charge < -0.3 is 19.5 Å². The number of benzene rings is 1. The second-order valence-corrected chi connectivity index (χ2v) is 9.95. The van der Waals surface area contributed by atoms with Gasteiger partial charge in [-0.25, -0.2) is 9.37 Å². The fourth-order valence-electron chi connectivity index (χ4n) is 5.51. The molecule has 0 aliphatic carbocycles. The Kier molecular flexibility index (Phi) is 7.00. The highest BCUT2D eigenvalue weighted by atomic mass is 19.1. The summed E-state index contributed by atoms with van der Waals surface area (Å²) >= 11 is 0. The van der Waals surface area contributed by atoms with Gasteiger partial charge in [0.25, 0.3) is 5.91 Å². The lowest BCUT2D eigenvalue weighted by Gasteiger charge is -2.35. The van der Waals surface area contributed by atoms with E-state index in [-0.39, 0.29) is 23.9 Å². The number of rotatable bonds is 8. The van der Waals surface area contributed by atoms with Crippen LogP contribution in [-0.2, 0) is 30.6 Å². The lowest BCUT2D eigenvalue weighted by molar-refractivity contribution is -0.118. The number of aryl methyl sites for hydroxylation is 3. The highest BCUT2D eigenvalue weighted by molar-refractivity contribution is 5.94. The van der Waals surface area contributed by atoms with E-state index in [1.807, 2.05) is 6.07 Å². The van der Waals surface area contributed by atoms with E-state index in [1.165, 1.54) is 25.7 Å². The fourth-order valence-corrected chi connectivity index (χ4v) is 5.51. The molecule has 0 unspecified atom stereocenters.